The first-order valence-corrected chi connectivity index (χ1v) is 7.16. The number of hydrogen-bond acceptors (Lipinski definition) is 3. The Kier molecular flexibility index (Phi) is 2.96. The van der Waals surface area contributed by atoms with Gasteiger partial charge in [-0.25, -0.2) is 8.42 Å². The molecule has 1 saturated heterocycles. The van der Waals surface area contributed by atoms with Crippen molar-refractivity contribution in [1.82, 2.24) is 4.31 Å². The number of aliphatic carboxylic acids is 1. The van der Waals surface area contributed by atoms with Crippen molar-refractivity contribution in [3.8, 4) is 0 Å². The highest BCUT2D eigenvalue weighted by molar-refractivity contribution is 7.90. The molecule has 1 heterocycles. The maximum Gasteiger partial charge on any atom is 0.322 e. The number of carboxylic acids is 1. The van der Waals surface area contributed by atoms with Gasteiger partial charge in [-0.15, -0.1) is 0 Å². The Morgan fingerprint density at radius 1 is 1.31 bits per heavy atom. The summed E-state index contributed by atoms with van der Waals surface area (Å²) in [6.07, 6.45) is 2.55. The van der Waals surface area contributed by atoms with Crippen LogP contribution in [0.3, 0.4) is 0 Å². The fourth-order valence-corrected chi connectivity index (χ4v) is 4.21. The summed E-state index contributed by atoms with van der Waals surface area (Å²) in [5.41, 5.74) is 0. The Morgan fingerprint density at radius 2 is 1.94 bits per heavy atom. The molecule has 2 rings (SSSR count). The fourth-order valence-electron chi connectivity index (χ4n) is 2.21. The normalized spacial score (nSPS) is 32.6. The summed E-state index contributed by atoms with van der Waals surface area (Å²) >= 11 is 0. The molecule has 2 fully saturated rings. The molecule has 5 nitrogen and oxygen atoms in total. The zero-order chi connectivity index (χ0) is 11.9. The molecule has 0 spiro atoms. The first-order chi connectivity index (χ1) is 7.43. The molecule has 0 amide bonds. The third-order valence-electron chi connectivity index (χ3n) is 3.37. The van der Waals surface area contributed by atoms with Crippen LogP contribution >= 0.6 is 0 Å². The van der Waals surface area contributed by atoms with E-state index >= 15 is 0 Å². The smallest absolute Gasteiger partial charge is 0.322 e. The van der Waals surface area contributed by atoms with Gasteiger partial charge in [-0.1, -0.05) is 6.92 Å². The van der Waals surface area contributed by atoms with Crippen molar-refractivity contribution in [2.75, 3.05) is 6.54 Å². The van der Waals surface area contributed by atoms with Crippen LogP contribution in [-0.2, 0) is 14.8 Å². The van der Waals surface area contributed by atoms with Gasteiger partial charge >= 0.3 is 5.97 Å². The van der Waals surface area contributed by atoms with Crippen molar-refractivity contribution < 1.29 is 18.3 Å². The molecule has 6 heteroatoms. The Morgan fingerprint density at radius 3 is 2.44 bits per heavy atom. The highest BCUT2D eigenvalue weighted by Gasteiger charge is 2.46. The quantitative estimate of drug-likeness (QED) is 0.795. The predicted molar refractivity (Wildman–Crippen MR) is 58.5 cm³/mol. The van der Waals surface area contributed by atoms with Crippen LogP contribution < -0.4 is 0 Å². The van der Waals surface area contributed by atoms with Gasteiger partial charge in [0, 0.05) is 6.54 Å². The molecule has 0 bridgehead atoms. The van der Waals surface area contributed by atoms with Gasteiger partial charge < -0.3 is 5.11 Å². The molecule has 2 atom stereocenters. The Balaban J connectivity index is 2.21. The summed E-state index contributed by atoms with van der Waals surface area (Å²) in [5, 5.41) is 8.77. The van der Waals surface area contributed by atoms with Gasteiger partial charge in [0.1, 0.15) is 6.04 Å². The lowest BCUT2D eigenvalue weighted by atomic mass is 9.94. The number of carboxylic acid groups (broad SMARTS) is 1. The van der Waals surface area contributed by atoms with E-state index in [0.717, 1.165) is 6.42 Å². The van der Waals surface area contributed by atoms with Crippen molar-refractivity contribution in [3.63, 3.8) is 0 Å². The molecule has 2 unspecified atom stereocenters. The third kappa shape index (κ3) is 2.08. The van der Waals surface area contributed by atoms with Crippen LogP contribution in [0.2, 0.25) is 0 Å². The van der Waals surface area contributed by atoms with Crippen LogP contribution in [0.5, 0.6) is 0 Å². The second kappa shape index (κ2) is 4.00. The average molecular weight is 247 g/mol. The molecule has 0 aromatic rings. The molecule has 1 aliphatic carbocycles. The average Bonchev–Trinajstić information content (AvgIpc) is 3.00. The van der Waals surface area contributed by atoms with Crippen LogP contribution in [0.25, 0.3) is 0 Å². The lowest BCUT2D eigenvalue weighted by Gasteiger charge is -2.34. The molecule has 16 heavy (non-hydrogen) atoms. The standard InChI is InChI=1S/C10H17NO4S/c1-7-4-5-11(9(6-7)10(12)13)16(14,15)8-2-3-8/h7-9H,2-6H2,1H3,(H,12,13). The van der Waals surface area contributed by atoms with Gasteiger partial charge in [-0.3, -0.25) is 4.79 Å². The molecule has 0 radical (unpaired) electrons. The van der Waals surface area contributed by atoms with Crippen LogP contribution in [0.15, 0.2) is 0 Å². The minimum atomic E-state index is -3.35. The minimum absolute atomic E-state index is 0.284. The summed E-state index contributed by atoms with van der Waals surface area (Å²) in [4.78, 5) is 11.1. The SMILES string of the molecule is CC1CCN(S(=O)(=O)C2CC2)C(C(=O)O)C1. The lowest BCUT2D eigenvalue weighted by Crippen LogP contribution is -2.50. The highest BCUT2D eigenvalue weighted by atomic mass is 32.2. The van der Waals surface area contributed by atoms with Crippen molar-refractivity contribution in [3.05, 3.63) is 0 Å². The summed E-state index contributed by atoms with van der Waals surface area (Å²) in [7, 11) is -3.35. The number of piperidine rings is 1. The maximum absolute atomic E-state index is 12.0. The van der Waals surface area contributed by atoms with E-state index in [-0.39, 0.29) is 11.2 Å². The molecule has 1 aliphatic heterocycles. The van der Waals surface area contributed by atoms with Gasteiger partial charge in [0.25, 0.3) is 0 Å². The van der Waals surface area contributed by atoms with E-state index in [0.29, 0.717) is 25.8 Å². The Bertz CT molecular complexity index is 388. The molecular weight excluding hydrogens is 230 g/mol. The minimum Gasteiger partial charge on any atom is -0.480 e. The molecule has 1 N–H and O–H groups in total. The van der Waals surface area contributed by atoms with Gasteiger partial charge in [-0.2, -0.15) is 4.31 Å². The number of sulfonamides is 1. The zero-order valence-corrected chi connectivity index (χ0v) is 10.1. The van der Waals surface area contributed by atoms with E-state index < -0.39 is 22.0 Å². The number of hydrogen-bond donors (Lipinski definition) is 1. The first kappa shape index (κ1) is 11.9. The molecule has 92 valence electrons. The summed E-state index contributed by atoms with van der Waals surface area (Å²) < 4.78 is 25.3. The van der Waals surface area contributed by atoms with Crippen LogP contribution in [-0.4, -0.2) is 41.6 Å². The van der Waals surface area contributed by atoms with E-state index in [1.807, 2.05) is 6.92 Å². The largest absolute Gasteiger partial charge is 0.480 e. The van der Waals surface area contributed by atoms with Crippen molar-refractivity contribution >= 4 is 16.0 Å². The predicted octanol–water partition coefficient (Wildman–Crippen LogP) is 0.664. The van der Waals surface area contributed by atoms with Crippen molar-refractivity contribution in [2.45, 2.75) is 43.9 Å². The zero-order valence-electron chi connectivity index (χ0n) is 9.30. The molecule has 1 saturated carbocycles. The summed E-state index contributed by atoms with van der Waals surface area (Å²) in [5.74, 6) is -0.734. The van der Waals surface area contributed by atoms with Crippen molar-refractivity contribution in [2.24, 2.45) is 5.92 Å². The van der Waals surface area contributed by atoms with E-state index in [9.17, 15) is 13.2 Å². The van der Waals surface area contributed by atoms with E-state index in [2.05, 4.69) is 0 Å². The second-order valence-electron chi connectivity index (χ2n) is 4.84. The lowest BCUT2D eigenvalue weighted by molar-refractivity contribution is -0.143. The van der Waals surface area contributed by atoms with Gasteiger partial charge in [0.15, 0.2) is 0 Å². The number of rotatable bonds is 3. The molecule has 0 aromatic heterocycles. The topological polar surface area (TPSA) is 74.7 Å². The molecule has 0 aromatic carbocycles. The van der Waals surface area contributed by atoms with E-state index in [1.165, 1.54) is 4.31 Å². The Hall–Kier alpha value is -0.620. The van der Waals surface area contributed by atoms with Gasteiger partial charge in [0.2, 0.25) is 10.0 Å². The highest BCUT2D eigenvalue weighted by Crippen LogP contribution is 2.35. The van der Waals surface area contributed by atoms with Gasteiger partial charge in [0.05, 0.1) is 5.25 Å². The molecule has 2 aliphatic rings. The molecular formula is C10H17NO4S. The third-order valence-corrected chi connectivity index (χ3v) is 5.78. The fraction of sp³-hybridized carbons (Fsp3) is 0.900. The van der Waals surface area contributed by atoms with E-state index in [4.69, 9.17) is 5.11 Å². The first-order valence-electron chi connectivity index (χ1n) is 5.66. The van der Waals surface area contributed by atoms with Crippen molar-refractivity contribution in [1.29, 1.82) is 0 Å². The summed E-state index contributed by atoms with van der Waals surface area (Å²) in [6, 6.07) is -0.852. The maximum atomic E-state index is 12.0. The second-order valence-corrected chi connectivity index (χ2v) is 7.00. The van der Waals surface area contributed by atoms with Crippen LogP contribution in [0.4, 0.5) is 0 Å². The Labute approximate surface area is 95.5 Å². The summed E-state index contributed by atoms with van der Waals surface area (Å²) in [6.45, 7) is 2.33. The monoisotopic (exact) mass is 247 g/mol. The number of nitrogens with zero attached hydrogens (tertiary/aromatic N) is 1. The van der Waals surface area contributed by atoms with Gasteiger partial charge in [-0.05, 0) is 31.6 Å². The van der Waals surface area contributed by atoms with Crippen LogP contribution in [0.1, 0.15) is 32.6 Å². The van der Waals surface area contributed by atoms with Crippen LogP contribution in [0, 0.1) is 5.92 Å². The number of carbonyl (C=O) groups is 1. The van der Waals surface area contributed by atoms with E-state index in [1.54, 1.807) is 0 Å².